The maximum Gasteiger partial charge on any atom is 0.264 e. The van der Waals surface area contributed by atoms with Gasteiger partial charge in [-0.15, -0.1) is 11.3 Å². The number of rotatable bonds is 1. The summed E-state index contributed by atoms with van der Waals surface area (Å²) in [6, 6.07) is 2.93. The van der Waals surface area contributed by atoms with Gasteiger partial charge in [-0.3, -0.25) is 4.79 Å². The molecule has 1 amide bonds. The predicted octanol–water partition coefficient (Wildman–Crippen LogP) is 2.37. The standard InChI is InChI=1S/C10H13NOS/c1-8-4-2-6-11(8)10(12)9-5-3-7-13-9/h3,5,7-8H,2,4,6H2,1H3/t8-/m1/s1/i1D3. The van der Waals surface area contributed by atoms with Crippen LogP contribution < -0.4 is 0 Å². The van der Waals surface area contributed by atoms with E-state index < -0.39 is 12.9 Å². The predicted molar refractivity (Wildman–Crippen MR) is 54.1 cm³/mol. The molecular formula is C10H13NOS. The molecule has 0 aromatic carbocycles. The molecule has 1 aromatic heterocycles. The highest BCUT2D eigenvalue weighted by atomic mass is 32.1. The van der Waals surface area contributed by atoms with E-state index in [1.165, 1.54) is 16.2 Å². The molecule has 13 heavy (non-hydrogen) atoms. The van der Waals surface area contributed by atoms with Gasteiger partial charge in [0.15, 0.2) is 0 Å². The second-order valence-corrected chi connectivity index (χ2v) is 4.08. The first-order valence-corrected chi connectivity index (χ1v) is 5.22. The molecule has 0 aliphatic carbocycles. The Bertz CT molecular complexity index is 374. The molecule has 1 aromatic rings. The molecule has 0 spiro atoms. The fourth-order valence-electron chi connectivity index (χ4n) is 1.55. The third-order valence-electron chi connectivity index (χ3n) is 2.25. The first-order valence-electron chi connectivity index (χ1n) is 5.84. The highest BCUT2D eigenvalue weighted by molar-refractivity contribution is 7.12. The van der Waals surface area contributed by atoms with Gasteiger partial charge in [-0.1, -0.05) is 6.07 Å². The minimum absolute atomic E-state index is 0.145. The molecule has 1 aliphatic heterocycles. The van der Waals surface area contributed by atoms with Gasteiger partial charge in [-0.05, 0) is 31.1 Å². The van der Waals surface area contributed by atoms with Crippen molar-refractivity contribution in [2.24, 2.45) is 0 Å². The van der Waals surface area contributed by atoms with Gasteiger partial charge >= 0.3 is 0 Å². The summed E-state index contributed by atoms with van der Waals surface area (Å²) in [6.07, 6.45) is 1.35. The van der Waals surface area contributed by atoms with E-state index in [0.29, 0.717) is 17.8 Å². The summed E-state index contributed by atoms with van der Waals surface area (Å²) < 4.78 is 22.3. The zero-order valence-electron chi connectivity index (χ0n) is 10.2. The van der Waals surface area contributed by atoms with E-state index >= 15 is 0 Å². The number of carbonyl (C=O) groups is 1. The van der Waals surface area contributed by atoms with Crippen LogP contribution >= 0.6 is 11.3 Å². The third-order valence-corrected chi connectivity index (χ3v) is 3.10. The summed E-state index contributed by atoms with van der Waals surface area (Å²) in [7, 11) is 0. The van der Waals surface area contributed by atoms with E-state index in [-0.39, 0.29) is 5.91 Å². The van der Waals surface area contributed by atoms with E-state index in [1.54, 1.807) is 12.1 Å². The number of hydrogen-bond donors (Lipinski definition) is 0. The zero-order valence-corrected chi connectivity index (χ0v) is 8.01. The lowest BCUT2D eigenvalue weighted by atomic mass is 10.2. The molecule has 1 atom stereocenters. The molecule has 0 N–H and O–H groups in total. The summed E-state index contributed by atoms with van der Waals surface area (Å²) >= 11 is 1.36. The van der Waals surface area contributed by atoms with Crippen LogP contribution in [-0.2, 0) is 0 Å². The van der Waals surface area contributed by atoms with E-state index in [0.717, 1.165) is 6.42 Å². The Morgan fingerprint density at radius 3 is 3.46 bits per heavy atom. The lowest BCUT2D eigenvalue weighted by Gasteiger charge is -2.20. The Morgan fingerprint density at radius 1 is 1.85 bits per heavy atom. The van der Waals surface area contributed by atoms with Crippen LogP contribution in [0.25, 0.3) is 0 Å². The Hall–Kier alpha value is -0.830. The van der Waals surface area contributed by atoms with Crippen molar-refractivity contribution in [1.82, 2.24) is 4.90 Å². The Morgan fingerprint density at radius 2 is 2.77 bits per heavy atom. The van der Waals surface area contributed by atoms with E-state index in [9.17, 15) is 4.79 Å². The highest BCUT2D eigenvalue weighted by Gasteiger charge is 2.26. The molecule has 1 aliphatic rings. The molecule has 1 saturated heterocycles. The topological polar surface area (TPSA) is 20.3 Å². The monoisotopic (exact) mass is 198 g/mol. The van der Waals surface area contributed by atoms with Crippen LogP contribution in [0.1, 0.15) is 33.5 Å². The van der Waals surface area contributed by atoms with Gasteiger partial charge in [0.05, 0.1) is 4.88 Å². The van der Waals surface area contributed by atoms with Crippen molar-refractivity contribution in [1.29, 1.82) is 0 Å². The molecule has 0 bridgehead atoms. The number of likely N-dealkylation sites (tertiary alicyclic amines) is 1. The molecule has 0 saturated carbocycles. The van der Waals surface area contributed by atoms with Crippen molar-refractivity contribution in [3.63, 3.8) is 0 Å². The minimum Gasteiger partial charge on any atom is -0.335 e. The lowest BCUT2D eigenvalue weighted by Crippen LogP contribution is -2.32. The molecule has 1 fully saturated rings. The molecule has 0 unspecified atom stereocenters. The summed E-state index contributed by atoms with van der Waals surface area (Å²) in [5.74, 6) is -0.145. The normalized spacial score (nSPS) is 26.6. The second kappa shape index (κ2) is 3.50. The third kappa shape index (κ3) is 1.61. The van der Waals surface area contributed by atoms with E-state index in [1.807, 2.05) is 5.38 Å². The first kappa shape index (κ1) is 5.81. The molecule has 70 valence electrons. The number of nitrogens with zero attached hydrogens (tertiary/aromatic N) is 1. The molecule has 2 heterocycles. The first-order chi connectivity index (χ1) is 7.50. The van der Waals surface area contributed by atoms with Gasteiger partial charge < -0.3 is 4.90 Å². The molecular weight excluding hydrogens is 182 g/mol. The largest absolute Gasteiger partial charge is 0.335 e. The van der Waals surface area contributed by atoms with Crippen molar-refractivity contribution in [2.75, 3.05) is 6.54 Å². The molecule has 2 rings (SSSR count). The minimum atomic E-state index is -2.07. The lowest BCUT2D eigenvalue weighted by molar-refractivity contribution is 0.0752. The van der Waals surface area contributed by atoms with Crippen LogP contribution in [-0.4, -0.2) is 23.4 Å². The fourth-order valence-corrected chi connectivity index (χ4v) is 2.23. The van der Waals surface area contributed by atoms with Crippen molar-refractivity contribution >= 4 is 17.2 Å². The van der Waals surface area contributed by atoms with Gasteiger partial charge in [0.1, 0.15) is 0 Å². The number of hydrogen-bond acceptors (Lipinski definition) is 2. The van der Waals surface area contributed by atoms with Gasteiger partial charge in [-0.25, -0.2) is 0 Å². The van der Waals surface area contributed by atoms with Crippen LogP contribution in [0.15, 0.2) is 17.5 Å². The molecule has 3 heteroatoms. The molecule has 2 nitrogen and oxygen atoms in total. The van der Waals surface area contributed by atoms with Crippen molar-refractivity contribution in [2.45, 2.75) is 25.7 Å². The number of thiophene rings is 1. The summed E-state index contributed by atoms with van der Waals surface area (Å²) in [6.45, 7) is -1.51. The van der Waals surface area contributed by atoms with Crippen LogP contribution in [0.2, 0.25) is 0 Å². The fraction of sp³-hybridized carbons (Fsp3) is 0.500. The average molecular weight is 198 g/mol. The van der Waals surface area contributed by atoms with Crippen LogP contribution in [0.5, 0.6) is 0 Å². The summed E-state index contributed by atoms with van der Waals surface area (Å²) in [5, 5.41) is 1.83. The quantitative estimate of drug-likeness (QED) is 0.678. The van der Waals surface area contributed by atoms with Gasteiger partial charge in [-0.2, -0.15) is 0 Å². The van der Waals surface area contributed by atoms with Gasteiger partial charge in [0.25, 0.3) is 5.91 Å². The second-order valence-electron chi connectivity index (χ2n) is 3.13. The maximum atomic E-state index is 12.1. The Balaban J connectivity index is 2.18. The Kier molecular flexibility index (Phi) is 1.56. The SMILES string of the molecule is [2H]C([2H])([2H])[C@@H]1CCCN1C(=O)c1cccs1. The maximum absolute atomic E-state index is 12.1. The summed E-state index contributed by atoms with van der Waals surface area (Å²) in [4.78, 5) is 14.2. The Labute approximate surface area is 86.4 Å². The van der Waals surface area contributed by atoms with Gasteiger partial charge in [0.2, 0.25) is 0 Å². The van der Waals surface area contributed by atoms with Crippen molar-refractivity contribution < 1.29 is 8.91 Å². The van der Waals surface area contributed by atoms with Crippen molar-refractivity contribution in [3.8, 4) is 0 Å². The van der Waals surface area contributed by atoms with Gasteiger partial charge in [0, 0.05) is 16.7 Å². The van der Waals surface area contributed by atoms with E-state index in [4.69, 9.17) is 4.11 Å². The average Bonchev–Trinajstić information content (AvgIpc) is 2.87. The zero-order chi connectivity index (χ0) is 11.8. The number of carbonyl (C=O) groups excluding carboxylic acids is 1. The van der Waals surface area contributed by atoms with Crippen LogP contribution in [0, 0.1) is 0 Å². The van der Waals surface area contributed by atoms with Crippen LogP contribution in [0.3, 0.4) is 0 Å². The van der Waals surface area contributed by atoms with E-state index in [2.05, 4.69) is 0 Å². The number of amides is 1. The smallest absolute Gasteiger partial charge is 0.264 e. The summed E-state index contributed by atoms with van der Waals surface area (Å²) in [5.41, 5.74) is 0. The van der Waals surface area contributed by atoms with Crippen molar-refractivity contribution in [3.05, 3.63) is 22.4 Å². The van der Waals surface area contributed by atoms with Crippen LogP contribution in [0.4, 0.5) is 0 Å². The highest BCUT2D eigenvalue weighted by Crippen LogP contribution is 2.21. The molecule has 0 radical (unpaired) electrons.